The first kappa shape index (κ1) is 12.0. The van der Waals surface area contributed by atoms with Gasteiger partial charge in [0.15, 0.2) is 0 Å². The lowest BCUT2D eigenvalue weighted by Gasteiger charge is -2.05. The van der Waals surface area contributed by atoms with Crippen LogP contribution in [0.5, 0.6) is 0 Å². The quantitative estimate of drug-likeness (QED) is 0.820. The molecule has 0 aliphatic carbocycles. The van der Waals surface area contributed by atoms with E-state index in [9.17, 15) is 0 Å². The summed E-state index contributed by atoms with van der Waals surface area (Å²) in [7, 11) is 0. The zero-order chi connectivity index (χ0) is 12.3. The first-order chi connectivity index (χ1) is 8.20. The van der Waals surface area contributed by atoms with E-state index in [1.807, 2.05) is 13.8 Å². The van der Waals surface area contributed by atoms with E-state index < -0.39 is 0 Å². The third-order valence-electron chi connectivity index (χ3n) is 3.06. The second-order valence-corrected chi connectivity index (χ2v) is 4.46. The molecule has 90 valence electrons. The highest BCUT2D eigenvalue weighted by Crippen LogP contribution is 2.15. The Morgan fingerprint density at radius 3 is 2.41 bits per heavy atom. The summed E-state index contributed by atoms with van der Waals surface area (Å²) in [6.07, 6.45) is 3.29. The number of aromatic nitrogens is 2. The maximum absolute atomic E-state index is 5.50. The van der Waals surface area contributed by atoms with Gasteiger partial charge in [0, 0.05) is 0 Å². The number of fused-ring (bicyclic) bond motifs is 1. The molecule has 2 N–H and O–H groups in total. The van der Waals surface area contributed by atoms with Crippen LogP contribution in [-0.4, -0.2) is 16.5 Å². The lowest BCUT2D eigenvalue weighted by Crippen LogP contribution is -1.99. The standard InChI is InChI=1S/C14H19N3/c1-10-11(2)17-14-9-12(5-3-4-8-15)6-7-13(14)16-10/h6-7,9H,3-5,8,15H2,1-2H3. The molecule has 3 heteroatoms. The molecule has 17 heavy (non-hydrogen) atoms. The van der Waals surface area contributed by atoms with E-state index in [0.29, 0.717) is 0 Å². The van der Waals surface area contributed by atoms with Crippen molar-refractivity contribution < 1.29 is 0 Å². The summed E-state index contributed by atoms with van der Waals surface area (Å²) in [5.41, 5.74) is 10.8. The van der Waals surface area contributed by atoms with E-state index in [-0.39, 0.29) is 0 Å². The second-order valence-electron chi connectivity index (χ2n) is 4.46. The number of hydrogen-bond acceptors (Lipinski definition) is 3. The first-order valence-electron chi connectivity index (χ1n) is 6.14. The fourth-order valence-corrected chi connectivity index (χ4v) is 1.91. The highest BCUT2D eigenvalue weighted by atomic mass is 14.8. The Bertz CT molecular complexity index is 520. The SMILES string of the molecule is Cc1nc2ccc(CCCCN)cc2nc1C. The Balaban J connectivity index is 2.27. The molecule has 1 heterocycles. The molecule has 2 aromatic rings. The Morgan fingerprint density at radius 2 is 1.71 bits per heavy atom. The Labute approximate surface area is 102 Å². The third kappa shape index (κ3) is 2.80. The summed E-state index contributed by atoms with van der Waals surface area (Å²) in [6.45, 7) is 4.77. The molecule has 0 bridgehead atoms. The van der Waals surface area contributed by atoms with Crippen molar-refractivity contribution in [1.82, 2.24) is 9.97 Å². The maximum atomic E-state index is 5.50. The van der Waals surface area contributed by atoms with Crippen LogP contribution in [0.4, 0.5) is 0 Å². The molecule has 0 saturated carbocycles. The van der Waals surface area contributed by atoms with Gasteiger partial charge in [-0.2, -0.15) is 0 Å². The van der Waals surface area contributed by atoms with Gasteiger partial charge in [-0.3, -0.25) is 0 Å². The molecule has 3 nitrogen and oxygen atoms in total. The van der Waals surface area contributed by atoms with Gasteiger partial charge in [-0.25, -0.2) is 9.97 Å². The molecule has 0 aliphatic heterocycles. The van der Waals surface area contributed by atoms with Crippen LogP contribution in [0, 0.1) is 13.8 Å². The highest BCUT2D eigenvalue weighted by molar-refractivity contribution is 5.75. The van der Waals surface area contributed by atoms with Crippen LogP contribution in [0.3, 0.4) is 0 Å². The van der Waals surface area contributed by atoms with Gasteiger partial charge in [-0.15, -0.1) is 0 Å². The van der Waals surface area contributed by atoms with Crippen LogP contribution in [0.2, 0.25) is 0 Å². The minimum atomic E-state index is 0.770. The average molecular weight is 229 g/mol. The Kier molecular flexibility index (Phi) is 3.69. The predicted molar refractivity (Wildman–Crippen MR) is 71.0 cm³/mol. The molecular formula is C14H19N3. The van der Waals surface area contributed by atoms with Crippen LogP contribution in [0.1, 0.15) is 29.8 Å². The lowest BCUT2D eigenvalue weighted by atomic mass is 10.1. The smallest absolute Gasteiger partial charge is 0.0892 e. The van der Waals surface area contributed by atoms with E-state index in [1.54, 1.807) is 0 Å². The van der Waals surface area contributed by atoms with Gasteiger partial charge in [-0.1, -0.05) is 6.07 Å². The van der Waals surface area contributed by atoms with Gasteiger partial charge in [-0.05, 0) is 57.4 Å². The molecule has 0 saturated heterocycles. The van der Waals surface area contributed by atoms with Crippen LogP contribution in [-0.2, 0) is 6.42 Å². The van der Waals surface area contributed by atoms with Gasteiger partial charge in [0.1, 0.15) is 0 Å². The van der Waals surface area contributed by atoms with Crippen molar-refractivity contribution in [2.24, 2.45) is 5.73 Å². The molecule has 1 aromatic carbocycles. The topological polar surface area (TPSA) is 51.8 Å². The van der Waals surface area contributed by atoms with E-state index in [4.69, 9.17) is 5.73 Å². The van der Waals surface area contributed by atoms with E-state index in [1.165, 1.54) is 5.56 Å². The number of hydrogen-bond donors (Lipinski definition) is 1. The Morgan fingerprint density at radius 1 is 1.00 bits per heavy atom. The third-order valence-corrected chi connectivity index (χ3v) is 3.06. The highest BCUT2D eigenvalue weighted by Gasteiger charge is 2.02. The zero-order valence-corrected chi connectivity index (χ0v) is 10.5. The number of nitrogens with two attached hydrogens (primary N) is 1. The molecule has 0 atom stereocenters. The summed E-state index contributed by atoms with van der Waals surface area (Å²) in [6, 6.07) is 6.35. The lowest BCUT2D eigenvalue weighted by molar-refractivity contribution is 0.745. The van der Waals surface area contributed by atoms with E-state index in [2.05, 4.69) is 28.2 Å². The van der Waals surface area contributed by atoms with Crippen molar-refractivity contribution in [3.05, 3.63) is 35.2 Å². The summed E-state index contributed by atoms with van der Waals surface area (Å²) in [5, 5.41) is 0. The summed E-state index contributed by atoms with van der Waals surface area (Å²) in [5.74, 6) is 0. The van der Waals surface area contributed by atoms with Crippen molar-refractivity contribution in [2.45, 2.75) is 33.1 Å². The number of aryl methyl sites for hydroxylation is 3. The molecule has 0 unspecified atom stereocenters. The van der Waals surface area contributed by atoms with Crippen molar-refractivity contribution in [3.8, 4) is 0 Å². The minimum absolute atomic E-state index is 0.770. The summed E-state index contributed by atoms with van der Waals surface area (Å²) < 4.78 is 0. The van der Waals surface area contributed by atoms with Gasteiger partial charge >= 0.3 is 0 Å². The molecule has 0 amide bonds. The second kappa shape index (κ2) is 5.23. The number of unbranched alkanes of at least 4 members (excludes halogenated alkanes) is 1. The van der Waals surface area contributed by atoms with Crippen molar-refractivity contribution in [3.63, 3.8) is 0 Å². The molecule has 0 aliphatic rings. The van der Waals surface area contributed by atoms with Crippen molar-refractivity contribution >= 4 is 11.0 Å². The van der Waals surface area contributed by atoms with Gasteiger partial charge in [0.05, 0.1) is 22.4 Å². The zero-order valence-electron chi connectivity index (χ0n) is 10.5. The fraction of sp³-hybridized carbons (Fsp3) is 0.429. The van der Waals surface area contributed by atoms with Gasteiger partial charge < -0.3 is 5.73 Å². The Hall–Kier alpha value is -1.48. The largest absolute Gasteiger partial charge is 0.330 e. The van der Waals surface area contributed by atoms with Gasteiger partial charge in [0.2, 0.25) is 0 Å². The molecule has 0 spiro atoms. The summed E-state index contributed by atoms with van der Waals surface area (Å²) >= 11 is 0. The minimum Gasteiger partial charge on any atom is -0.330 e. The van der Waals surface area contributed by atoms with Crippen LogP contribution in [0.25, 0.3) is 11.0 Å². The fourth-order valence-electron chi connectivity index (χ4n) is 1.91. The van der Waals surface area contributed by atoms with E-state index in [0.717, 1.165) is 48.2 Å². The predicted octanol–water partition coefficient (Wildman–Crippen LogP) is 2.53. The summed E-state index contributed by atoms with van der Waals surface area (Å²) in [4.78, 5) is 9.11. The van der Waals surface area contributed by atoms with E-state index >= 15 is 0 Å². The molecule has 2 rings (SSSR count). The first-order valence-corrected chi connectivity index (χ1v) is 6.14. The molecular weight excluding hydrogens is 210 g/mol. The average Bonchev–Trinajstić information content (AvgIpc) is 2.31. The van der Waals surface area contributed by atoms with Crippen LogP contribution >= 0.6 is 0 Å². The number of benzene rings is 1. The molecule has 0 fully saturated rings. The van der Waals surface area contributed by atoms with Crippen LogP contribution in [0.15, 0.2) is 18.2 Å². The maximum Gasteiger partial charge on any atom is 0.0892 e. The monoisotopic (exact) mass is 229 g/mol. The number of nitrogens with zero attached hydrogens (tertiary/aromatic N) is 2. The van der Waals surface area contributed by atoms with Gasteiger partial charge in [0.25, 0.3) is 0 Å². The van der Waals surface area contributed by atoms with Crippen molar-refractivity contribution in [1.29, 1.82) is 0 Å². The van der Waals surface area contributed by atoms with Crippen molar-refractivity contribution in [2.75, 3.05) is 6.54 Å². The number of rotatable bonds is 4. The molecule has 1 aromatic heterocycles. The normalized spacial score (nSPS) is 11.0. The van der Waals surface area contributed by atoms with Crippen LogP contribution < -0.4 is 5.73 Å². The molecule has 0 radical (unpaired) electrons.